The van der Waals surface area contributed by atoms with E-state index in [2.05, 4.69) is 17.2 Å². The fraction of sp³-hybridized carbons (Fsp3) is 0.556. The zero-order chi connectivity index (χ0) is 11.5. The molecular formula is C9H12Cl2N2O2. The zero-order valence-corrected chi connectivity index (χ0v) is 9.57. The van der Waals surface area contributed by atoms with Crippen LogP contribution in [0.15, 0.2) is 12.7 Å². The highest BCUT2D eigenvalue weighted by atomic mass is 35.5. The minimum Gasteiger partial charge on any atom is -0.354 e. The molecule has 6 heteroatoms. The van der Waals surface area contributed by atoms with Crippen molar-refractivity contribution >= 4 is 35.0 Å². The molecule has 84 valence electrons. The van der Waals surface area contributed by atoms with E-state index in [0.717, 1.165) is 0 Å². The van der Waals surface area contributed by atoms with Crippen LogP contribution in [0, 0.1) is 5.92 Å². The smallest absolute Gasteiger partial charge is 0.243 e. The summed E-state index contributed by atoms with van der Waals surface area (Å²) in [6.45, 7) is 4.02. The van der Waals surface area contributed by atoms with Gasteiger partial charge in [-0.1, -0.05) is 6.58 Å². The summed E-state index contributed by atoms with van der Waals surface area (Å²) in [5.41, 5.74) is 0. The Morgan fingerprint density at radius 1 is 1.40 bits per heavy atom. The zero-order valence-electron chi connectivity index (χ0n) is 8.06. The highest BCUT2D eigenvalue weighted by Gasteiger charge is 2.56. The number of hydrogen-bond donors (Lipinski definition) is 2. The van der Waals surface area contributed by atoms with Gasteiger partial charge in [0.25, 0.3) is 0 Å². The number of hydrogen-bond acceptors (Lipinski definition) is 2. The van der Waals surface area contributed by atoms with Crippen LogP contribution in [0.4, 0.5) is 0 Å². The summed E-state index contributed by atoms with van der Waals surface area (Å²) in [5.74, 6) is -0.761. The monoisotopic (exact) mass is 250 g/mol. The Morgan fingerprint density at radius 2 is 1.93 bits per heavy atom. The van der Waals surface area contributed by atoms with Gasteiger partial charge in [-0.05, 0) is 12.5 Å². The Bertz CT molecular complexity index is 292. The maximum atomic E-state index is 11.3. The van der Waals surface area contributed by atoms with Crippen molar-refractivity contribution in [2.45, 2.75) is 10.8 Å². The largest absolute Gasteiger partial charge is 0.354 e. The van der Waals surface area contributed by atoms with E-state index >= 15 is 0 Å². The normalized spacial score (nSPS) is 21.6. The number of alkyl halides is 2. The van der Waals surface area contributed by atoms with Gasteiger partial charge in [-0.3, -0.25) is 9.59 Å². The number of amides is 2. The van der Waals surface area contributed by atoms with Gasteiger partial charge in [0.2, 0.25) is 11.8 Å². The van der Waals surface area contributed by atoms with Crippen molar-refractivity contribution in [3.05, 3.63) is 12.7 Å². The SMILES string of the molecule is C=CC(=O)NCCNC(=O)C1CC1(Cl)Cl. The van der Waals surface area contributed by atoms with Crippen LogP contribution >= 0.6 is 23.2 Å². The van der Waals surface area contributed by atoms with E-state index in [1.165, 1.54) is 6.08 Å². The molecule has 0 radical (unpaired) electrons. The number of rotatable bonds is 5. The third kappa shape index (κ3) is 3.72. The van der Waals surface area contributed by atoms with E-state index in [0.29, 0.717) is 19.5 Å². The lowest BCUT2D eigenvalue weighted by atomic mass is 10.4. The highest BCUT2D eigenvalue weighted by molar-refractivity contribution is 6.52. The Balaban J connectivity index is 2.09. The second kappa shape index (κ2) is 4.86. The molecule has 0 aromatic heterocycles. The summed E-state index contributed by atoms with van der Waals surface area (Å²) >= 11 is 11.4. The summed E-state index contributed by atoms with van der Waals surface area (Å²) in [7, 11) is 0. The molecular weight excluding hydrogens is 239 g/mol. The molecule has 4 nitrogen and oxygen atoms in total. The van der Waals surface area contributed by atoms with Gasteiger partial charge in [-0.2, -0.15) is 0 Å². The van der Waals surface area contributed by atoms with Crippen LogP contribution < -0.4 is 10.6 Å². The molecule has 0 bridgehead atoms. The molecule has 1 unspecified atom stereocenters. The van der Waals surface area contributed by atoms with Crippen molar-refractivity contribution in [3.63, 3.8) is 0 Å². The lowest BCUT2D eigenvalue weighted by Crippen LogP contribution is -2.35. The third-order valence-corrected chi connectivity index (χ3v) is 2.89. The first-order chi connectivity index (χ1) is 6.97. The van der Waals surface area contributed by atoms with Gasteiger partial charge in [-0.25, -0.2) is 0 Å². The molecule has 1 fully saturated rings. The van der Waals surface area contributed by atoms with Crippen molar-refractivity contribution in [1.82, 2.24) is 10.6 Å². The van der Waals surface area contributed by atoms with E-state index in [1.807, 2.05) is 0 Å². The lowest BCUT2D eigenvalue weighted by molar-refractivity contribution is -0.122. The number of nitrogens with one attached hydrogen (secondary N) is 2. The molecule has 1 saturated carbocycles. The van der Waals surface area contributed by atoms with Crippen molar-refractivity contribution in [2.24, 2.45) is 5.92 Å². The Kier molecular flexibility index (Phi) is 3.99. The summed E-state index contributed by atoms with van der Waals surface area (Å²) in [6, 6.07) is 0. The Hall–Kier alpha value is -0.740. The van der Waals surface area contributed by atoms with Crippen LogP contribution in [-0.2, 0) is 9.59 Å². The molecule has 0 saturated heterocycles. The predicted molar refractivity (Wildman–Crippen MR) is 58.8 cm³/mol. The average Bonchev–Trinajstić information content (AvgIpc) is 2.82. The van der Waals surface area contributed by atoms with Gasteiger partial charge in [-0.15, -0.1) is 23.2 Å². The molecule has 0 aromatic carbocycles. The van der Waals surface area contributed by atoms with Crippen LogP contribution in [-0.4, -0.2) is 29.2 Å². The molecule has 2 amide bonds. The van der Waals surface area contributed by atoms with Crippen LogP contribution in [0.25, 0.3) is 0 Å². The first kappa shape index (κ1) is 12.3. The third-order valence-electron chi connectivity index (χ3n) is 2.05. The van der Waals surface area contributed by atoms with Crippen LogP contribution in [0.5, 0.6) is 0 Å². The fourth-order valence-electron chi connectivity index (χ4n) is 1.06. The summed E-state index contributed by atoms with van der Waals surface area (Å²) < 4.78 is -0.894. The standard InChI is InChI=1S/C9H12Cl2N2O2/c1-2-7(14)12-3-4-13-8(15)6-5-9(6,10)11/h2,6H,1,3-5H2,(H,12,14)(H,13,15). The van der Waals surface area contributed by atoms with Gasteiger partial charge >= 0.3 is 0 Å². The van der Waals surface area contributed by atoms with Gasteiger partial charge in [0.15, 0.2) is 0 Å². The molecule has 1 aliphatic rings. The Labute approximate surface area is 98.0 Å². The van der Waals surface area contributed by atoms with Gasteiger partial charge in [0.05, 0.1) is 5.92 Å². The van der Waals surface area contributed by atoms with E-state index in [1.54, 1.807) is 0 Å². The van der Waals surface area contributed by atoms with Gasteiger partial charge in [0.1, 0.15) is 4.33 Å². The van der Waals surface area contributed by atoms with E-state index < -0.39 is 4.33 Å². The topological polar surface area (TPSA) is 58.2 Å². The van der Waals surface area contributed by atoms with Crippen molar-refractivity contribution < 1.29 is 9.59 Å². The molecule has 1 atom stereocenters. The highest BCUT2D eigenvalue weighted by Crippen LogP contribution is 2.53. The summed E-state index contributed by atoms with van der Waals surface area (Å²) in [6.07, 6.45) is 1.66. The predicted octanol–water partition coefficient (Wildman–Crippen LogP) is 0.599. The first-order valence-electron chi connectivity index (χ1n) is 4.53. The molecule has 1 rings (SSSR count). The molecule has 15 heavy (non-hydrogen) atoms. The first-order valence-corrected chi connectivity index (χ1v) is 5.29. The second-order valence-electron chi connectivity index (χ2n) is 3.30. The quantitative estimate of drug-likeness (QED) is 0.427. The van der Waals surface area contributed by atoms with Crippen molar-refractivity contribution in [1.29, 1.82) is 0 Å². The van der Waals surface area contributed by atoms with Crippen LogP contribution in [0.3, 0.4) is 0 Å². The maximum Gasteiger partial charge on any atom is 0.243 e. The lowest BCUT2D eigenvalue weighted by Gasteiger charge is -2.05. The molecule has 2 N–H and O–H groups in total. The van der Waals surface area contributed by atoms with Gasteiger partial charge in [0, 0.05) is 13.1 Å². The molecule has 0 spiro atoms. The molecule has 0 aliphatic heterocycles. The van der Waals surface area contributed by atoms with Crippen LogP contribution in [0.1, 0.15) is 6.42 Å². The number of carbonyl (C=O) groups is 2. The Morgan fingerprint density at radius 3 is 2.40 bits per heavy atom. The molecule has 1 aliphatic carbocycles. The minimum atomic E-state index is -0.894. The van der Waals surface area contributed by atoms with Crippen molar-refractivity contribution in [3.8, 4) is 0 Å². The van der Waals surface area contributed by atoms with E-state index in [-0.39, 0.29) is 17.7 Å². The van der Waals surface area contributed by atoms with E-state index in [9.17, 15) is 9.59 Å². The van der Waals surface area contributed by atoms with Crippen molar-refractivity contribution in [2.75, 3.05) is 13.1 Å². The summed E-state index contributed by atoms with van der Waals surface area (Å²) in [5, 5.41) is 5.15. The maximum absolute atomic E-state index is 11.3. The van der Waals surface area contributed by atoms with E-state index in [4.69, 9.17) is 23.2 Å². The van der Waals surface area contributed by atoms with Crippen LogP contribution in [0.2, 0.25) is 0 Å². The van der Waals surface area contributed by atoms with Gasteiger partial charge < -0.3 is 10.6 Å². The summed E-state index contributed by atoms with van der Waals surface area (Å²) in [4.78, 5) is 22.0. The average molecular weight is 251 g/mol. The second-order valence-corrected chi connectivity index (χ2v) is 4.85. The number of carbonyl (C=O) groups excluding carboxylic acids is 2. The number of halogens is 2. The minimum absolute atomic E-state index is 0.173. The fourth-order valence-corrected chi connectivity index (χ4v) is 1.57. The molecule has 0 heterocycles. The molecule has 0 aromatic rings.